The predicted octanol–water partition coefficient (Wildman–Crippen LogP) is 5.28. The third-order valence-electron chi connectivity index (χ3n) is 5.28. The normalized spacial score (nSPS) is 27.5. The molecule has 1 N–H and O–H groups in total. The second-order valence-corrected chi connectivity index (χ2v) is 8.58. The molecule has 0 amide bonds. The number of hydrogen-bond donors (Lipinski definition) is 1. The van der Waals surface area contributed by atoms with Crippen molar-refractivity contribution in [1.29, 1.82) is 0 Å². The maximum absolute atomic E-state index is 3.85. The lowest BCUT2D eigenvalue weighted by atomic mass is 9.78. The van der Waals surface area contributed by atoms with Crippen molar-refractivity contribution in [2.75, 3.05) is 12.3 Å². The molecule has 1 aliphatic carbocycles. The van der Waals surface area contributed by atoms with E-state index in [1.165, 1.54) is 49.8 Å². The van der Waals surface area contributed by atoms with Gasteiger partial charge in [-0.25, -0.2) is 0 Å². The Morgan fingerprint density at radius 1 is 1.33 bits per heavy atom. The molecule has 1 saturated carbocycles. The van der Waals surface area contributed by atoms with E-state index < -0.39 is 0 Å². The molecule has 2 fully saturated rings. The van der Waals surface area contributed by atoms with Crippen molar-refractivity contribution in [2.45, 2.75) is 69.1 Å². The summed E-state index contributed by atoms with van der Waals surface area (Å²) in [5.41, 5.74) is 3.10. The molecule has 1 heterocycles. The van der Waals surface area contributed by atoms with Crippen LogP contribution in [0.3, 0.4) is 0 Å². The summed E-state index contributed by atoms with van der Waals surface area (Å²) in [6.45, 7) is 5.85. The average molecular weight is 304 g/mol. The molecular weight excluding hydrogens is 274 g/mol. The van der Waals surface area contributed by atoms with Gasteiger partial charge in [0, 0.05) is 10.8 Å². The van der Waals surface area contributed by atoms with Crippen LogP contribution >= 0.6 is 11.8 Å². The molecule has 2 aliphatic rings. The van der Waals surface area contributed by atoms with Gasteiger partial charge in [-0.1, -0.05) is 37.6 Å². The van der Waals surface area contributed by atoms with Gasteiger partial charge in [-0.05, 0) is 68.4 Å². The molecule has 1 saturated heterocycles. The average Bonchev–Trinajstić information content (AvgIpc) is 2.85. The van der Waals surface area contributed by atoms with Crippen molar-refractivity contribution < 1.29 is 0 Å². The molecule has 0 radical (unpaired) electrons. The number of benzene rings is 1. The number of nitrogens with one attached hydrogen (secondary N) is 1. The molecule has 0 aromatic heterocycles. The third-order valence-corrected chi connectivity index (χ3v) is 6.87. The zero-order chi connectivity index (χ0) is 14.7. The fourth-order valence-electron chi connectivity index (χ4n) is 3.74. The molecule has 116 valence electrons. The molecule has 1 aromatic carbocycles. The highest BCUT2D eigenvalue weighted by molar-refractivity contribution is 8.00. The quantitative estimate of drug-likeness (QED) is 0.767. The Kier molecular flexibility index (Phi) is 4.96. The van der Waals surface area contributed by atoms with Gasteiger partial charge in [0.2, 0.25) is 0 Å². The van der Waals surface area contributed by atoms with Crippen molar-refractivity contribution in [2.24, 2.45) is 0 Å². The van der Waals surface area contributed by atoms with Crippen molar-refractivity contribution in [1.82, 2.24) is 5.32 Å². The Labute approximate surface area is 134 Å². The van der Waals surface area contributed by atoms with E-state index in [4.69, 9.17) is 0 Å². The Morgan fingerprint density at radius 3 is 2.81 bits per heavy atom. The molecule has 0 spiro atoms. The highest BCUT2D eigenvalue weighted by Gasteiger charge is 2.38. The zero-order valence-electron chi connectivity index (χ0n) is 13.5. The lowest BCUT2D eigenvalue weighted by molar-refractivity contribution is 0.406. The number of hydrogen-bond acceptors (Lipinski definition) is 2. The summed E-state index contributed by atoms with van der Waals surface area (Å²) in [5.74, 6) is 2.16. The third kappa shape index (κ3) is 3.32. The first kappa shape index (κ1) is 15.4. The molecule has 2 heteroatoms. The second kappa shape index (κ2) is 6.75. The first-order valence-electron chi connectivity index (χ1n) is 8.70. The summed E-state index contributed by atoms with van der Waals surface area (Å²) >= 11 is 2.17. The monoisotopic (exact) mass is 303 g/mol. The van der Waals surface area contributed by atoms with Crippen LogP contribution in [0, 0.1) is 0 Å². The van der Waals surface area contributed by atoms with Gasteiger partial charge >= 0.3 is 0 Å². The van der Waals surface area contributed by atoms with E-state index in [-0.39, 0.29) is 0 Å². The minimum atomic E-state index is 0.368. The SMILES string of the molecule is CCCNC(c1cccc(C2CCC2)c1)C1(C)CCCS1. The Morgan fingerprint density at radius 2 is 2.19 bits per heavy atom. The molecule has 0 bridgehead atoms. The van der Waals surface area contributed by atoms with E-state index >= 15 is 0 Å². The molecule has 2 unspecified atom stereocenters. The lowest BCUT2D eigenvalue weighted by Crippen LogP contribution is -2.38. The van der Waals surface area contributed by atoms with E-state index in [2.05, 4.69) is 55.2 Å². The van der Waals surface area contributed by atoms with E-state index in [9.17, 15) is 0 Å². The summed E-state index contributed by atoms with van der Waals surface area (Å²) in [7, 11) is 0. The summed E-state index contributed by atoms with van der Waals surface area (Å²) in [4.78, 5) is 0. The van der Waals surface area contributed by atoms with Crippen LogP contribution in [0.15, 0.2) is 24.3 Å². The smallest absolute Gasteiger partial charge is 0.0466 e. The molecule has 21 heavy (non-hydrogen) atoms. The fraction of sp³-hybridized carbons (Fsp3) is 0.684. The maximum Gasteiger partial charge on any atom is 0.0466 e. The second-order valence-electron chi connectivity index (χ2n) is 6.95. The van der Waals surface area contributed by atoms with Crippen molar-refractivity contribution in [3.63, 3.8) is 0 Å². The molecule has 1 aromatic rings. The van der Waals surface area contributed by atoms with Crippen molar-refractivity contribution in [3.8, 4) is 0 Å². The van der Waals surface area contributed by atoms with Crippen molar-refractivity contribution in [3.05, 3.63) is 35.4 Å². The summed E-state index contributed by atoms with van der Waals surface area (Å²) in [6, 6.07) is 9.98. The van der Waals surface area contributed by atoms with Crippen molar-refractivity contribution >= 4 is 11.8 Å². The predicted molar refractivity (Wildman–Crippen MR) is 94.2 cm³/mol. The van der Waals surface area contributed by atoms with Crippen LogP contribution in [0.25, 0.3) is 0 Å². The van der Waals surface area contributed by atoms with Gasteiger partial charge in [-0.2, -0.15) is 11.8 Å². The Balaban J connectivity index is 1.84. The van der Waals surface area contributed by atoms with E-state index in [1.54, 1.807) is 5.56 Å². The van der Waals surface area contributed by atoms with Gasteiger partial charge < -0.3 is 5.32 Å². The largest absolute Gasteiger partial charge is 0.309 e. The highest BCUT2D eigenvalue weighted by Crippen LogP contribution is 2.47. The number of rotatable bonds is 6. The Hall–Kier alpha value is -0.470. The van der Waals surface area contributed by atoms with Gasteiger partial charge in [-0.3, -0.25) is 0 Å². The molecule has 1 nitrogen and oxygen atoms in total. The van der Waals surface area contributed by atoms with Crippen LogP contribution in [0.2, 0.25) is 0 Å². The number of thioether (sulfide) groups is 1. The maximum atomic E-state index is 3.85. The first-order chi connectivity index (χ1) is 10.2. The van der Waals surface area contributed by atoms with Crippen LogP contribution in [0.5, 0.6) is 0 Å². The summed E-state index contributed by atoms with van der Waals surface area (Å²) in [5, 5.41) is 3.85. The molecule has 3 rings (SSSR count). The van der Waals surface area contributed by atoms with E-state index in [1.807, 2.05) is 0 Å². The lowest BCUT2D eigenvalue weighted by Gasteiger charge is -2.35. The van der Waals surface area contributed by atoms with Gasteiger partial charge in [-0.15, -0.1) is 0 Å². The van der Waals surface area contributed by atoms with Crippen LogP contribution < -0.4 is 5.32 Å². The van der Waals surface area contributed by atoms with Crippen LogP contribution in [-0.4, -0.2) is 17.0 Å². The van der Waals surface area contributed by atoms with Gasteiger partial charge in [0.05, 0.1) is 0 Å². The Bertz CT molecular complexity index is 460. The zero-order valence-corrected chi connectivity index (χ0v) is 14.3. The molecular formula is C19H29NS. The van der Waals surface area contributed by atoms with E-state index in [0.717, 1.165) is 12.5 Å². The van der Waals surface area contributed by atoms with Crippen LogP contribution in [0.1, 0.15) is 75.5 Å². The standard InChI is InChI=1S/C19H29NS/c1-3-12-20-18(19(2)11-6-13-21-19)17-10-5-9-16(14-17)15-7-4-8-15/h5,9-10,14-15,18,20H,3-4,6-8,11-13H2,1-2H3. The first-order valence-corrected chi connectivity index (χ1v) is 9.69. The van der Waals surface area contributed by atoms with Crippen LogP contribution in [-0.2, 0) is 0 Å². The van der Waals surface area contributed by atoms with Gasteiger partial charge in [0.1, 0.15) is 0 Å². The van der Waals surface area contributed by atoms with E-state index in [0.29, 0.717) is 10.8 Å². The topological polar surface area (TPSA) is 12.0 Å². The highest BCUT2D eigenvalue weighted by atomic mass is 32.2. The minimum absolute atomic E-state index is 0.368. The fourth-order valence-corrected chi connectivity index (χ4v) is 5.17. The van der Waals surface area contributed by atoms with Gasteiger partial charge in [0.25, 0.3) is 0 Å². The van der Waals surface area contributed by atoms with Crippen LogP contribution in [0.4, 0.5) is 0 Å². The summed E-state index contributed by atoms with van der Waals surface area (Å²) in [6.07, 6.45) is 8.12. The minimum Gasteiger partial charge on any atom is -0.309 e. The molecule has 1 aliphatic heterocycles. The molecule has 2 atom stereocenters. The van der Waals surface area contributed by atoms with Gasteiger partial charge in [0.15, 0.2) is 0 Å². The summed E-state index contributed by atoms with van der Waals surface area (Å²) < 4.78 is 0.368.